The van der Waals surface area contributed by atoms with Crippen molar-refractivity contribution in [2.45, 2.75) is 46.2 Å². The molecule has 1 heterocycles. The Morgan fingerprint density at radius 3 is 2.85 bits per heavy atom. The minimum atomic E-state index is 0.0907. The number of aromatic nitrogens is 2. The third-order valence-electron chi connectivity index (χ3n) is 3.66. The van der Waals surface area contributed by atoms with E-state index in [9.17, 15) is 0 Å². The Balaban J connectivity index is 2.24. The van der Waals surface area contributed by atoms with Crippen LogP contribution in [0.4, 0.5) is 0 Å². The first-order chi connectivity index (χ1) is 9.65. The smallest absolute Gasteiger partial charge is 0.110 e. The summed E-state index contributed by atoms with van der Waals surface area (Å²) in [5, 5.41) is 0. The number of hydrogen-bond acceptors (Lipinski definition) is 3. The summed E-state index contributed by atoms with van der Waals surface area (Å²) in [6, 6.07) is 6.57. The summed E-state index contributed by atoms with van der Waals surface area (Å²) in [7, 11) is 0. The summed E-state index contributed by atoms with van der Waals surface area (Å²) in [6.07, 6.45) is 5.80. The van der Waals surface area contributed by atoms with Gasteiger partial charge < -0.3 is 4.57 Å². The number of hydrazine groups is 1. The Kier molecular flexibility index (Phi) is 4.93. The van der Waals surface area contributed by atoms with Crippen LogP contribution < -0.4 is 11.3 Å². The minimum absolute atomic E-state index is 0.0907. The molecule has 0 fully saturated rings. The third kappa shape index (κ3) is 3.26. The van der Waals surface area contributed by atoms with Gasteiger partial charge in [0.05, 0.1) is 6.04 Å². The molecule has 0 spiro atoms. The number of imidazole rings is 1. The van der Waals surface area contributed by atoms with Crippen LogP contribution in [0.25, 0.3) is 0 Å². The lowest BCUT2D eigenvalue weighted by molar-refractivity contribution is 0.515. The molecule has 1 atom stereocenters. The molecule has 1 unspecified atom stereocenters. The maximum Gasteiger partial charge on any atom is 0.110 e. The molecule has 2 aromatic rings. The van der Waals surface area contributed by atoms with Gasteiger partial charge in [0.15, 0.2) is 0 Å². The number of nitrogens with one attached hydrogen (secondary N) is 1. The normalized spacial score (nSPS) is 12.6. The van der Waals surface area contributed by atoms with Gasteiger partial charge in [-0.1, -0.05) is 30.7 Å². The first-order valence-corrected chi connectivity index (χ1v) is 7.19. The van der Waals surface area contributed by atoms with Crippen molar-refractivity contribution in [2.24, 2.45) is 5.84 Å². The lowest BCUT2D eigenvalue weighted by atomic mass is 9.97. The van der Waals surface area contributed by atoms with Gasteiger partial charge in [-0.2, -0.15) is 0 Å². The summed E-state index contributed by atoms with van der Waals surface area (Å²) in [6.45, 7) is 7.40. The molecule has 0 saturated heterocycles. The molecule has 1 aromatic carbocycles. The largest absolute Gasteiger partial charge is 0.335 e. The van der Waals surface area contributed by atoms with Crippen LogP contribution in [0.5, 0.6) is 0 Å². The fraction of sp³-hybridized carbons (Fsp3) is 0.438. The molecule has 0 amide bonds. The lowest BCUT2D eigenvalue weighted by Crippen LogP contribution is -2.31. The summed E-state index contributed by atoms with van der Waals surface area (Å²) in [5.74, 6) is 6.86. The molecule has 0 bridgehead atoms. The summed E-state index contributed by atoms with van der Waals surface area (Å²) in [4.78, 5) is 4.47. The predicted octanol–water partition coefficient (Wildman–Crippen LogP) is 2.66. The van der Waals surface area contributed by atoms with Gasteiger partial charge in [0.2, 0.25) is 0 Å². The Labute approximate surface area is 121 Å². The van der Waals surface area contributed by atoms with Crippen LogP contribution in [0.15, 0.2) is 30.6 Å². The van der Waals surface area contributed by atoms with Crippen molar-refractivity contribution in [3.63, 3.8) is 0 Å². The topological polar surface area (TPSA) is 55.9 Å². The van der Waals surface area contributed by atoms with E-state index in [1.165, 1.54) is 16.7 Å². The van der Waals surface area contributed by atoms with E-state index in [0.717, 1.165) is 25.2 Å². The highest BCUT2D eigenvalue weighted by molar-refractivity contribution is 5.33. The number of rotatable bonds is 6. The van der Waals surface area contributed by atoms with E-state index < -0.39 is 0 Å². The number of nitrogens with two attached hydrogens (primary N) is 1. The van der Waals surface area contributed by atoms with Crippen LogP contribution >= 0.6 is 0 Å². The van der Waals surface area contributed by atoms with E-state index in [2.05, 4.69) is 53.9 Å². The number of aryl methyl sites for hydroxylation is 3. The van der Waals surface area contributed by atoms with Gasteiger partial charge in [0, 0.05) is 25.4 Å². The van der Waals surface area contributed by atoms with E-state index in [-0.39, 0.29) is 6.04 Å². The molecule has 1 aromatic heterocycles. The fourth-order valence-electron chi connectivity index (χ4n) is 2.55. The fourth-order valence-corrected chi connectivity index (χ4v) is 2.55. The molecule has 20 heavy (non-hydrogen) atoms. The van der Waals surface area contributed by atoms with Gasteiger partial charge in [-0.05, 0) is 31.4 Å². The minimum Gasteiger partial charge on any atom is -0.335 e. The molecular formula is C16H24N4. The van der Waals surface area contributed by atoms with Gasteiger partial charge >= 0.3 is 0 Å². The quantitative estimate of drug-likeness (QED) is 0.628. The van der Waals surface area contributed by atoms with Gasteiger partial charge in [0.25, 0.3) is 0 Å². The number of hydrogen-bond donors (Lipinski definition) is 2. The van der Waals surface area contributed by atoms with Gasteiger partial charge in [-0.15, -0.1) is 0 Å². The second kappa shape index (κ2) is 6.68. The molecule has 0 aliphatic heterocycles. The second-order valence-electron chi connectivity index (χ2n) is 5.32. The van der Waals surface area contributed by atoms with Crippen molar-refractivity contribution in [3.8, 4) is 0 Å². The average Bonchev–Trinajstić information content (AvgIpc) is 2.87. The molecule has 0 saturated carbocycles. The molecule has 0 aliphatic rings. The van der Waals surface area contributed by atoms with E-state index in [1.807, 2.05) is 12.4 Å². The summed E-state index contributed by atoms with van der Waals surface area (Å²) in [5.41, 5.74) is 6.70. The SMILES string of the molecule is CCCn1ccnc1CC(NN)c1cc(C)ccc1C. The first-order valence-electron chi connectivity index (χ1n) is 7.19. The monoisotopic (exact) mass is 272 g/mol. The van der Waals surface area contributed by atoms with Crippen molar-refractivity contribution in [1.82, 2.24) is 15.0 Å². The van der Waals surface area contributed by atoms with Crippen molar-refractivity contribution >= 4 is 0 Å². The van der Waals surface area contributed by atoms with Crippen LogP contribution in [0.3, 0.4) is 0 Å². The van der Waals surface area contributed by atoms with E-state index in [4.69, 9.17) is 5.84 Å². The maximum atomic E-state index is 5.78. The van der Waals surface area contributed by atoms with Crippen LogP contribution in [0.2, 0.25) is 0 Å². The third-order valence-corrected chi connectivity index (χ3v) is 3.66. The molecule has 0 aliphatic carbocycles. The van der Waals surface area contributed by atoms with Crippen molar-refractivity contribution in [2.75, 3.05) is 0 Å². The standard InChI is InChI=1S/C16H24N4/c1-4-8-20-9-7-18-16(20)11-15(19-17)14-10-12(2)5-6-13(14)3/h5-7,9-10,15,19H,4,8,11,17H2,1-3H3. The van der Waals surface area contributed by atoms with Gasteiger partial charge in [-0.25, -0.2) is 4.98 Å². The maximum absolute atomic E-state index is 5.78. The number of nitrogens with zero attached hydrogens (tertiary/aromatic N) is 2. The Morgan fingerprint density at radius 2 is 2.15 bits per heavy atom. The Hall–Kier alpha value is -1.65. The van der Waals surface area contributed by atoms with Crippen molar-refractivity contribution in [1.29, 1.82) is 0 Å². The van der Waals surface area contributed by atoms with Crippen molar-refractivity contribution in [3.05, 3.63) is 53.1 Å². The van der Waals surface area contributed by atoms with Crippen LogP contribution in [0, 0.1) is 13.8 Å². The van der Waals surface area contributed by atoms with Crippen LogP contribution in [0.1, 0.15) is 41.9 Å². The summed E-state index contributed by atoms with van der Waals surface area (Å²) < 4.78 is 2.20. The molecule has 3 N–H and O–H groups in total. The predicted molar refractivity (Wildman–Crippen MR) is 82.2 cm³/mol. The Bertz CT molecular complexity index is 559. The second-order valence-corrected chi connectivity index (χ2v) is 5.32. The highest BCUT2D eigenvalue weighted by Gasteiger charge is 2.16. The highest BCUT2D eigenvalue weighted by atomic mass is 15.2. The van der Waals surface area contributed by atoms with Gasteiger partial charge in [-0.3, -0.25) is 11.3 Å². The van der Waals surface area contributed by atoms with E-state index in [0.29, 0.717) is 0 Å². The average molecular weight is 272 g/mol. The van der Waals surface area contributed by atoms with Gasteiger partial charge in [0.1, 0.15) is 5.82 Å². The molecule has 108 valence electrons. The van der Waals surface area contributed by atoms with Crippen molar-refractivity contribution < 1.29 is 0 Å². The van der Waals surface area contributed by atoms with E-state index >= 15 is 0 Å². The molecular weight excluding hydrogens is 248 g/mol. The summed E-state index contributed by atoms with van der Waals surface area (Å²) >= 11 is 0. The van der Waals surface area contributed by atoms with Crippen LogP contribution in [-0.4, -0.2) is 9.55 Å². The molecule has 4 nitrogen and oxygen atoms in total. The highest BCUT2D eigenvalue weighted by Crippen LogP contribution is 2.22. The van der Waals surface area contributed by atoms with Crippen LogP contribution in [-0.2, 0) is 13.0 Å². The zero-order valence-electron chi connectivity index (χ0n) is 12.6. The zero-order valence-corrected chi connectivity index (χ0v) is 12.6. The van der Waals surface area contributed by atoms with E-state index in [1.54, 1.807) is 0 Å². The molecule has 4 heteroatoms. The number of benzene rings is 1. The molecule has 2 rings (SSSR count). The Morgan fingerprint density at radius 1 is 1.35 bits per heavy atom. The first kappa shape index (κ1) is 14.8. The molecule has 0 radical (unpaired) electrons. The lowest BCUT2D eigenvalue weighted by Gasteiger charge is -2.19. The zero-order chi connectivity index (χ0) is 14.5.